The number of hydrogen-bond acceptors (Lipinski definition) is 4. The third-order valence-electron chi connectivity index (χ3n) is 1.83. The highest BCUT2D eigenvalue weighted by Crippen LogP contribution is 2.28. The Morgan fingerprint density at radius 2 is 2.13 bits per heavy atom. The number of nitrogens with two attached hydrogens (primary N) is 2. The predicted molar refractivity (Wildman–Crippen MR) is 49.4 cm³/mol. The summed E-state index contributed by atoms with van der Waals surface area (Å²) in [7, 11) is 0. The van der Waals surface area contributed by atoms with E-state index in [1.54, 1.807) is 0 Å². The SMILES string of the molecule is Nc1cnc(C(F)F)c(N)c1CC(=O)O. The van der Waals surface area contributed by atoms with Crippen molar-refractivity contribution in [2.45, 2.75) is 12.8 Å². The minimum absolute atomic E-state index is 0.000648. The molecule has 0 aromatic carbocycles. The zero-order valence-electron chi connectivity index (χ0n) is 7.58. The fourth-order valence-corrected chi connectivity index (χ4v) is 1.12. The molecule has 0 aliphatic heterocycles. The van der Waals surface area contributed by atoms with Crippen LogP contribution in [-0.2, 0) is 11.2 Å². The summed E-state index contributed by atoms with van der Waals surface area (Å²) >= 11 is 0. The topological polar surface area (TPSA) is 102 Å². The highest BCUT2D eigenvalue weighted by Gasteiger charge is 2.19. The van der Waals surface area contributed by atoms with Crippen molar-refractivity contribution < 1.29 is 18.7 Å². The van der Waals surface area contributed by atoms with Gasteiger partial charge in [-0.05, 0) is 0 Å². The zero-order valence-corrected chi connectivity index (χ0v) is 7.58. The van der Waals surface area contributed by atoms with Gasteiger partial charge in [0.05, 0.1) is 24.0 Å². The van der Waals surface area contributed by atoms with Crippen LogP contribution in [0.1, 0.15) is 17.7 Å². The second-order valence-electron chi connectivity index (χ2n) is 2.86. The lowest BCUT2D eigenvalue weighted by Gasteiger charge is -2.10. The average Bonchev–Trinajstić information content (AvgIpc) is 2.11. The van der Waals surface area contributed by atoms with E-state index in [9.17, 15) is 13.6 Å². The molecule has 5 nitrogen and oxygen atoms in total. The van der Waals surface area contributed by atoms with Gasteiger partial charge < -0.3 is 16.6 Å². The molecule has 1 aromatic rings. The fraction of sp³-hybridized carbons (Fsp3) is 0.250. The largest absolute Gasteiger partial charge is 0.481 e. The molecular weight excluding hydrogens is 208 g/mol. The van der Waals surface area contributed by atoms with Crippen LogP contribution < -0.4 is 11.5 Å². The van der Waals surface area contributed by atoms with Crippen LogP contribution in [0.3, 0.4) is 0 Å². The number of alkyl halides is 2. The van der Waals surface area contributed by atoms with Crippen LogP contribution >= 0.6 is 0 Å². The van der Waals surface area contributed by atoms with Crippen molar-refractivity contribution in [2.75, 3.05) is 11.5 Å². The van der Waals surface area contributed by atoms with Crippen molar-refractivity contribution in [2.24, 2.45) is 0 Å². The van der Waals surface area contributed by atoms with Crippen molar-refractivity contribution in [1.29, 1.82) is 0 Å². The average molecular weight is 217 g/mol. The van der Waals surface area contributed by atoms with Crippen LogP contribution in [0.15, 0.2) is 6.20 Å². The molecule has 7 heteroatoms. The van der Waals surface area contributed by atoms with Crippen LogP contribution in [0.4, 0.5) is 20.2 Å². The highest BCUT2D eigenvalue weighted by molar-refractivity contribution is 5.77. The van der Waals surface area contributed by atoms with Crippen molar-refractivity contribution >= 4 is 17.3 Å². The summed E-state index contributed by atoms with van der Waals surface area (Å²) in [5.74, 6) is -1.19. The summed E-state index contributed by atoms with van der Waals surface area (Å²) in [4.78, 5) is 13.8. The molecule has 15 heavy (non-hydrogen) atoms. The van der Waals surface area contributed by atoms with Crippen molar-refractivity contribution in [1.82, 2.24) is 4.98 Å². The van der Waals surface area contributed by atoms with Gasteiger partial charge in [0.1, 0.15) is 5.69 Å². The Morgan fingerprint density at radius 3 is 2.60 bits per heavy atom. The first-order chi connectivity index (χ1) is 6.93. The molecule has 0 spiro atoms. The maximum absolute atomic E-state index is 12.3. The lowest BCUT2D eigenvalue weighted by atomic mass is 10.1. The Balaban J connectivity index is 3.23. The number of nitrogen functional groups attached to an aromatic ring is 2. The van der Waals surface area contributed by atoms with Crippen LogP contribution in [-0.4, -0.2) is 16.1 Å². The van der Waals surface area contributed by atoms with Gasteiger partial charge in [0.25, 0.3) is 6.43 Å². The Kier molecular flexibility index (Phi) is 3.03. The normalized spacial score (nSPS) is 10.6. The summed E-state index contributed by atoms with van der Waals surface area (Å²) in [6.45, 7) is 0. The number of halogens is 2. The van der Waals surface area contributed by atoms with E-state index in [1.165, 1.54) is 0 Å². The lowest BCUT2D eigenvalue weighted by Crippen LogP contribution is -2.10. The van der Waals surface area contributed by atoms with Crippen molar-refractivity contribution in [3.63, 3.8) is 0 Å². The number of rotatable bonds is 3. The summed E-state index contributed by atoms with van der Waals surface area (Å²) in [5.41, 5.74) is 9.72. The molecule has 0 fully saturated rings. The number of anilines is 2. The van der Waals surface area contributed by atoms with Gasteiger partial charge in [0, 0.05) is 5.56 Å². The number of hydrogen-bond donors (Lipinski definition) is 3. The number of pyridine rings is 1. The standard InChI is InChI=1S/C8H9F2N3O2/c9-8(10)7-6(12)3(1-5(14)15)4(11)2-13-7/h2,8H,1,11-12H2,(H,14,15). The van der Waals surface area contributed by atoms with E-state index in [2.05, 4.69) is 4.98 Å². The summed E-state index contributed by atoms with van der Waals surface area (Å²) in [6.07, 6.45) is -2.37. The number of nitrogens with zero attached hydrogens (tertiary/aromatic N) is 1. The van der Waals surface area contributed by atoms with Crippen LogP contribution in [0.25, 0.3) is 0 Å². The smallest absolute Gasteiger partial charge is 0.307 e. The van der Waals surface area contributed by atoms with Crippen molar-refractivity contribution in [3.05, 3.63) is 17.5 Å². The molecule has 0 amide bonds. The van der Waals surface area contributed by atoms with E-state index >= 15 is 0 Å². The number of aromatic nitrogens is 1. The third kappa shape index (κ3) is 2.30. The quantitative estimate of drug-likeness (QED) is 0.695. The predicted octanol–water partition coefficient (Wildman–Crippen LogP) is 0.811. The Morgan fingerprint density at radius 1 is 1.53 bits per heavy atom. The molecule has 0 aliphatic rings. The Bertz CT molecular complexity index is 396. The van der Waals surface area contributed by atoms with Gasteiger partial charge >= 0.3 is 5.97 Å². The molecule has 5 N–H and O–H groups in total. The monoisotopic (exact) mass is 217 g/mol. The molecule has 0 bridgehead atoms. The van der Waals surface area contributed by atoms with Gasteiger partial charge in [-0.15, -0.1) is 0 Å². The van der Waals surface area contributed by atoms with Crippen LogP contribution in [0.2, 0.25) is 0 Å². The molecule has 0 unspecified atom stereocenters. The number of carbonyl (C=O) groups is 1. The molecule has 0 radical (unpaired) electrons. The minimum atomic E-state index is -2.85. The van der Waals surface area contributed by atoms with E-state index in [1.807, 2.05) is 0 Å². The molecule has 0 aliphatic carbocycles. The fourth-order valence-electron chi connectivity index (χ4n) is 1.12. The summed E-state index contributed by atoms with van der Waals surface area (Å²) < 4.78 is 24.7. The van der Waals surface area contributed by atoms with Crippen molar-refractivity contribution in [3.8, 4) is 0 Å². The first-order valence-corrected chi connectivity index (χ1v) is 3.96. The van der Waals surface area contributed by atoms with E-state index in [0.717, 1.165) is 6.20 Å². The first-order valence-electron chi connectivity index (χ1n) is 3.96. The first kappa shape index (κ1) is 11.2. The van der Waals surface area contributed by atoms with Gasteiger partial charge in [0.2, 0.25) is 0 Å². The Labute approximate surface area is 83.7 Å². The number of carboxylic acids is 1. The second-order valence-corrected chi connectivity index (χ2v) is 2.86. The third-order valence-corrected chi connectivity index (χ3v) is 1.83. The molecule has 1 heterocycles. The number of aliphatic carboxylic acids is 1. The van der Waals surface area contributed by atoms with Gasteiger partial charge in [-0.3, -0.25) is 9.78 Å². The molecule has 1 aromatic heterocycles. The summed E-state index contributed by atoms with van der Waals surface area (Å²) in [5, 5.41) is 8.53. The molecular formula is C8H9F2N3O2. The molecule has 0 saturated heterocycles. The number of carboxylic acid groups (broad SMARTS) is 1. The van der Waals surface area contributed by atoms with E-state index in [-0.39, 0.29) is 16.9 Å². The van der Waals surface area contributed by atoms with Gasteiger partial charge in [-0.25, -0.2) is 8.78 Å². The molecule has 0 atom stereocenters. The molecule has 1 rings (SSSR count). The molecule has 82 valence electrons. The Hall–Kier alpha value is -1.92. The van der Waals surface area contributed by atoms with Gasteiger partial charge in [-0.1, -0.05) is 0 Å². The lowest BCUT2D eigenvalue weighted by molar-refractivity contribution is -0.136. The van der Waals surface area contributed by atoms with E-state index < -0.39 is 24.5 Å². The van der Waals surface area contributed by atoms with Gasteiger partial charge in [-0.2, -0.15) is 0 Å². The minimum Gasteiger partial charge on any atom is -0.481 e. The van der Waals surface area contributed by atoms with E-state index in [4.69, 9.17) is 16.6 Å². The summed E-state index contributed by atoms with van der Waals surface area (Å²) in [6, 6.07) is 0. The van der Waals surface area contributed by atoms with Gasteiger partial charge in [0.15, 0.2) is 0 Å². The zero-order chi connectivity index (χ0) is 11.6. The maximum Gasteiger partial charge on any atom is 0.307 e. The molecule has 0 saturated carbocycles. The van der Waals surface area contributed by atoms with Crippen LogP contribution in [0.5, 0.6) is 0 Å². The highest BCUT2D eigenvalue weighted by atomic mass is 19.3. The second kappa shape index (κ2) is 4.07. The maximum atomic E-state index is 12.3. The van der Waals surface area contributed by atoms with Crippen LogP contribution in [0, 0.1) is 0 Å². The van der Waals surface area contributed by atoms with E-state index in [0.29, 0.717) is 0 Å².